The maximum Gasteiger partial charge on any atom is 0.290 e. The van der Waals surface area contributed by atoms with Crippen molar-refractivity contribution in [1.29, 1.82) is 0 Å². The lowest BCUT2D eigenvalue weighted by atomic mass is 9.85. The van der Waals surface area contributed by atoms with Crippen molar-refractivity contribution in [1.82, 2.24) is 9.80 Å². The molecule has 0 aliphatic carbocycles. The third-order valence-electron chi connectivity index (χ3n) is 6.37. The number of hydrogen-bond donors (Lipinski definition) is 1. The molecule has 6 heteroatoms. The SMILES string of the molecule is CCN(CC)CCCN1C(=O)C(O)=C(C(=O)/C=C/c2ccco2)C1c1ccc(C(C)(C)C)cc1. The average molecular weight is 465 g/mol. The van der Waals surface area contributed by atoms with E-state index in [1.165, 1.54) is 12.3 Å². The zero-order valence-electron chi connectivity index (χ0n) is 20.9. The van der Waals surface area contributed by atoms with E-state index in [1.54, 1.807) is 23.1 Å². The van der Waals surface area contributed by atoms with Crippen LogP contribution < -0.4 is 0 Å². The number of nitrogens with zero attached hydrogens (tertiary/aromatic N) is 2. The van der Waals surface area contributed by atoms with Gasteiger partial charge in [-0.25, -0.2) is 0 Å². The summed E-state index contributed by atoms with van der Waals surface area (Å²) in [6.45, 7) is 13.8. The van der Waals surface area contributed by atoms with Crippen LogP contribution in [0.1, 0.15) is 64.0 Å². The minimum atomic E-state index is -0.632. The van der Waals surface area contributed by atoms with Crippen LogP contribution in [0, 0.1) is 0 Å². The average Bonchev–Trinajstić information content (AvgIpc) is 3.42. The predicted octanol–water partition coefficient (Wildman–Crippen LogP) is 5.29. The molecule has 2 aromatic rings. The summed E-state index contributed by atoms with van der Waals surface area (Å²) in [5.41, 5.74) is 2.06. The fraction of sp³-hybridized carbons (Fsp3) is 0.429. The molecule has 1 aliphatic heterocycles. The van der Waals surface area contributed by atoms with Gasteiger partial charge in [-0.1, -0.05) is 58.9 Å². The molecule has 6 nitrogen and oxygen atoms in total. The number of allylic oxidation sites excluding steroid dienone is 1. The predicted molar refractivity (Wildman–Crippen MR) is 134 cm³/mol. The lowest BCUT2D eigenvalue weighted by Crippen LogP contribution is -2.34. The molecule has 1 aromatic heterocycles. The molecule has 1 N–H and O–H groups in total. The first kappa shape index (κ1) is 25.5. The normalized spacial score (nSPS) is 16.9. The highest BCUT2D eigenvalue weighted by atomic mass is 16.3. The van der Waals surface area contributed by atoms with Gasteiger partial charge in [0.2, 0.25) is 0 Å². The molecule has 0 fully saturated rings. The lowest BCUT2D eigenvalue weighted by molar-refractivity contribution is -0.129. The van der Waals surface area contributed by atoms with Crippen molar-refractivity contribution in [2.75, 3.05) is 26.2 Å². The number of furan rings is 1. The van der Waals surface area contributed by atoms with Crippen molar-refractivity contribution in [2.24, 2.45) is 0 Å². The molecule has 1 atom stereocenters. The minimum absolute atomic E-state index is 0.0180. The zero-order valence-corrected chi connectivity index (χ0v) is 20.9. The van der Waals surface area contributed by atoms with Crippen LogP contribution in [0.15, 0.2) is 64.5 Å². The van der Waals surface area contributed by atoms with E-state index in [0.717, 1.165) is 37.2 Å². The van der Waals surface area contributed by atoms with Crippen LogP contribution in [0.3, 0.4) is 0 Å². The third kappa shape index (κ3) is 5.68. The Morgan fingerprint density at radius 1 is 1.15 bits per heavy atom. The first-order chi connectivity index (χ1) is 16.2. The number of carbonyl (C=O) groups excluding carboxylic acids is 2. The summed E-state index contributed by atoms with van der Waals surface area (Å²) < 4.78 is 5.27. The van der Waals surface area contributed by atoms with E-state index in [4.69, 9.17) is 4.42 Å². The van der Waals surface area contributed by atoms with Gasteiger partial charge in [0.05, 0.1) is 17.9 Å². The van der Waals surface area contributed by atoms with Crippen molar-refractivity contribution in [3.05, 3.63) is 77.0 Å². The van der Waals surface area contributed by atoms with Gasteiger partial charge >= 0.3 is 0 Å². The summed E-state index contributed by atoms with van der Waals surface area (Å²) in [6.07, 6.45) is 5.18. The van der Waals surface area contributed by atoms with Crippen LogP contribution in [0.4, 0.5) is 0 Å². The molecule has 0 saturated carbocycles. The Morgan fingerprint density at radius 3 is 2.38 bits per heavy atom. The van der Waals surface area contributed by atoms with Gasteiger partial charge < -0.3 is 19.3 Å². The maximum absolute atomic E-state index is 13.2. The van der Waals surface area contributed by atoms with Crippen molar-refractivity contribution in [2.45, 2.75) is 52.5 Å². The number of rotatable bonds is 10. The summed E-state index contributed by atoms with van der Waals surface area (Å²) in [5.74, 6) is -0.848. The Morgan fingerprint density at radius 2 is 1.82 bits per heavy atom. The van der Waals surface area contributed by atoms with Crippen LogP contribution in [0.2, 0.25) is 0 Å². The Labute approximate surface area is 202 Å². The highest BCUT2D eigenvalue weighted by molar-refractivity contribution is 6.14. The summed E-state index contributed by atoms with van der Waals surface area (Å²) in [6, 6.07) is 10.8. The van der Waals surface area contributed by atoms with E-state index in [1.807, 2.05) is 24.3 Å². The maximum atomic E-state index is 13.2. The standard InChI is InChI=1S/C28H36N2O4/c1-6-29(7-2)17-9-18-30-25(20-11-13-21(14-12-20)28(3,4)5)24(26(32)27(30)33)23(31)16-15-22-10-8-19-34-22/h8,10-16,19,25,32H,6-7,9,17-18H2,1-5H3/b16-15+. The van der Waals surface area contributed by atoms with Gasteiger partial charge in [0.25, 0.3) is 5.91 Å². The largest absolute Gasteiger partial charge is 0.503 e. The van der Waals surface area contributed by atoms with E-state index < -0.39 is 23.5 Å². The van der Waals surface area contributed by atoms with Gasteiger partial charge in [-0.3, -0.25) is 9.59 Å². The van der Waals surface area contributed by atoms with Gasteiger partial charge in [-0.2, -0.15) is 0 Å². The van der Waals surface area contributed by atoms with Gasteiger partial charge in [0.1, 0.15) is 5.76 Å². The Balaban J connectivity index is 1.93. The van der Waals surface area contributed by atoms with Crippen molar-refractivity contribution in [3.63, 3.8) is 0 Å². The summed E-state index contributed by atoms with van der Waals surface area (Å²) in [7, 11) is 0. The number of benzene rings is 1. The van der Waals surface area contributed by atoms with Crippen LogP contribution in [-0.4, -0.2) is 52.8 Å². The molecular weight excluding hydrogens is 428 g/mol. The van der Waals surface area contributed by atoms with Crippen molar-refractivity contribution < 1.29 is 19.1 Å². The van der Waals surface area contributed by atoms with Crippen LogP contribution in [0.25, 0.3) is 6.08 Å². The summed E-state index contributed by atoms with van der Waals surface area (Å²) >= 11 is 0. The molecular formula is C28H36N2O4. The van der Waals surface area contributed by atoms with E-state index >= 15 is 0 Å². The van der Waals surface area contributed by atoms with E-state index in [9.17, 15) is 14.7 Å². The zero-order chi connectivity index (χ0) is 24.9. The van der Waals surface area contributed by atoms with Crippen LogP contribution in [-0.2, 0) is 15.0 Å². The van der Waals surface area contributed by atoms with Crippen LogP contribution >= 0.6 is 0 Å². The van der Waals surface area contributed by atoms with Gasteiger partial charge in [-0.15, -0.1) is 0 Å². The Bertz CT molecular complexity index is 1040. The van der Waals surface area contributed by atoms with Crippen molar-refractivity contribution in [3.8, 4) is 0 Å². The molecule has 34 heavy (non-hydrogen) atoms. The molecule has 1 aliphatic rings. The second kappa shape index (κ2) is 10.9. The monoisotopic (exact) mass is 464 g/mol. The number of aliphatic hydroxyl groups excluding tert-OH is 1. The highest BCUT2D eigenvalue weighted by Gasteiger charge is 2.42. The summed E-state index contributed by atoms with van der Waals surface area (Å²) in [5, 5.41) is 10.8. The quantitative estimate of drug-likeness (QED) is 0.484. The van der Waals surface area contributed by atoms with Crippen LogP contribution in [0.5, 0.6) is 0 Å². The summed E-state index contributed by atoms with van der Waals surface area (Å²) in [4.78, 5) is 30.2. The third-order valence-corrected chi connectivity index (χ3v) is 6.37. The lowest BCUT2D eigenvalue weighted by Gasteiger charge is -2.28. The van der Waals surface area contributed by atoms with Gasteiger partial charge in [-0.05, 0) is 66.9 Å². The molecule has 1 unspecified atom stereocenters. The molecule has 0 bridgehead atoms. The molecule has 1 aromatic carbocycles. The molecule has 182 valence electrons. The van der Waals surface area contributed by atoms with Crippen molar-refractivity contribution >= 4 is 17.8 Å². The number of ketones is 1. The number of amides is 1. The fourth-order valence-corrected chi connectivity index (χ4v) is 4.29. The topological polar surface area (TPSA) is 74.0 Å². The number of hydrogen-bond acceptors (Lipinski definition) is 5. The molecule has 1 amide bonds. The van der Waals surface area contributed by atoms with E-state index in [0.29, 0.717) is 12.3 Å². The molecule has 2 heterocycles. The van der Waals surface area contributed by atoms with E-state index in [2.05, 4.69) is 39.5 Å². The molecule has 3 rings (SSSR count). The van der Waals surface area contributed by atoms with Gasteiger partial charge in [0.15, 0.2) is 11.5 Å². The highest BCUT2D eigenvalue weighted by Crippen LogP contribution is 2.38. The number of carbonyl (C=O) groups is 2. The second-order valence-electron chi connectivity index (χ2n) is 9.63. The number of aliphatic hydroxyl groups is 1. The molecule has 0 saturated heterocycles. The molecule has 0 spiro atoms. The Hall–Kier alpha value is -3.12. The fourth-order valence-electron chi connectivity index (χ4n) is 4.29. The second-order valence-corrected chi connectivity index (χ2v) is 9.63. The smallest absolute Gasteiger partial charge is 0.290 e. The van der Waals surface area contributed by atoms with Gasteiger partial charge in [0, 0.05) is 6.54 Å². The molecule has 0 radical (unpaired) electrons. The first-order valence-corrected chi connectivity index (χ1v) is 12.0. The first-order valence-electron chi connectivity index (χ1n) is 12.0. The van der Waals surface area contributed by atoms with E-state index in [-0.39, 0.29) is 11.0 Å². The Kier molecular flexibility index (Phi) is 8.15. The minimum Gasteiger partial charge on any atom is -0.503 e.